The van der Waals surface area contributed by atoms with Crippen LogP contribution in [-0.4, -0.2) is 81.3 Å². The van der Waals surface area contributed by atoms with Crippen LogP contribution < -0.4 is 0 Å². The van der Waals surface area contributed by atoms with Gasteiger partial charge in [-0.15, -0.1) is 11.3 Å². The number of nitrogens with one attached hydrogen (secondary N) is 1. The van der Waals surface area contributed by atoms with Crippen LogP contribution in [0.2, 0.25) is 0 Å². The molecule has 1 aromatic heterocycles. The first-order valence-electron chi connectivity index (χ1n) is 7.86. The van der Waals surface area contributed by atoms with Crippen molar-refractivity contribution in [3.63, 3.8) is 0 Å². The van der Waals surface area contributed by atoms with Gasteiger partial charge in [-0.05, 0) is 27.4 Å². The van der Waals surface area contributed by atoms with Gasteiger partial charge in [-0.25, -0.2) is 9.98 Å². The Labute approximate surface area is 161 Å². The molecule has 3 aliphatic rings. The van der Waals surface area contributed by atoms with E-state index in [0.29, 0.717) is 12.3 Å². The van der Waals surface area contributed by atoms with Gasteiger partial charge >= 0.3 is 0 Å². The molecule has 9 nitrogen and oxygen atoms in total. The molecule has 0 aromatic carbocycles. The monoisotopic (exact) mass is 441 g/mol. The number of fused-ring (bicyclic) bond motifs is 1. The molecule has 0 amide bonds. The Hall–Kier alpha value is -1.50. The average molecular weight is 442 g/mol. The zero-order chi connectivity index (χ0) is 18.5. The lowest BCUT2D eigenvalue weighted by Crippen LogP contribution is -2.54. The first-order valence-corrected chi connectivity index (χ1v) is 9.53. The van der Waals surface area contributed by atoms with Crippen molar-refractivity contribution in [3.8, 4) is 0 Å². The summed E-state index contributed by atoms with van der Waals surface area (Å²) in [5.74, 6) is 0.431. The number of ether oxygens (including phenoxy) is 1. The van der Waals surface area contributed by atoms with Gasteiger partial charge in [0.2, 0.25) is 0 Å². The summed E-state index contributed by atoms with van der Waals surface area (Å²) in [7, 11) is 0. The van der Waals surface area contributed by atoms with E-state index in [1.807, 2.05) is 11.4 Å². The van der Waals surface area contributed by atoms with Gasteiger partial charge in [0.25, 0.3) is 0 Å². The molecule has 3 aliphatic heterocycles. The fourth-order valence-electron chi connectivity index (χ4n) is 3.26. The van der Waals surface area contributed by atoms with Gasteiger partial charge in [0.05, 0.1) is 12.9 Å². The standard InChI is InChI=1S/C15H16BrN5O4S/c16-7-1-2-26-9(7)3-15-13(17)18-5-19-14(15)21(6-20-15)12-11(24)10(23)8(4-22)25-12/h1-2,5-6,8,10-12,17,22-24H,3-4H2/t8-,10-,11-,12-,15?/m1/s1. The molecule has 0 radical (unpaired) electrons. The number of nitrogens with zero attached hydrogens (tertiary/aromatic N) is 4. The Morgan fingerprint density at radius 2 is 2.19 bits per heavy atom. The topological polar surface area (TPSA) is 134 Å². The summed E-state index contributed by atoms with van der Waals surface area (Å²) in [6.07, 6.45) is -1.25. The van der Waals surface area contributed by atoms with Crippen molar-refractivity contribution in [3.05, 3.63) is 20.8 Å². The van der Waals surface area contributed by atoms with Crippen LogP contribution in [0.25, 0.3) is 0 Å². The summed E-state index contributed by atoms with van der Waals surface area (Å²) in [6, 6.07) is 1.92. The van der Waals surface area contributed by atoms with Crippen LogP contribution in [0.3, 0.4) is 0 Å². The molecule has 4 N–H and O–H groups in total. The van der Waals surface area contributed by atoms with Crippen molar-refractivity contribution in [2.75, 3.05) is 6.61 Å². The highest BCUT2D eigenvalue weighted by molar-refractivity contribution is 9.10. The number of halogens is 1. The fraction of sp³-hybridized carbons (Fsp3) is 0.467. The highest BCUT2D eigenvalue weighted by Crippen LogP contribution is 2.37. The molecule has 0 spiro atoms. The van der Waals surface area contributed by atoms with Crippen molar-refractivity contribution < 1.29 is 20.1 Å². The van der Waals surface area contributed by atoms with Crippen LogP contribution >= 0.6 is 27.3 Å². The second kappa shape index (κ2) is 6.59. The Kier molecular flexibility index (Phi) is 4.53. The molecule has 1 fully saturated rings. The smallest absolute Gasteiger partial charge is 0.183 e. The molecule has 1 aromatic rings. The minimum absolute atomic E-state index is 0.0355. The van der Waals surface area contributed by atoms with E-state index in [-0.39, 0.29) is 5.84 Å². The number of amidine groups is 2. The first kappa shape index (κ1) is 17.9. The molecular weight excluding hydrogens is 426 g/mol. The number of aliphatic hydroxyl groups is 3. The second-order valence-corrected chi connectivity index (χ2v) is 8.01. The van der Waals surface area contributed by atoms with Crippen LogP contribution in [0.1, 0.15) is 4.88 Å². The molecule has 26 heavy (non-hydrogen) atoms. The average Bonchev–Trinajstić information content (AvgIpc) is 3.28. The van der Waals surface area contributed by atoms with E-state index in [0.717, 1.165) is 9.35 Å². The Morgan fingerprint density at radius 3 is 2.85 bits per heavy atom. The maximum absolute atomic E-state index is 10.3. The lowest BCUT2D eigenvalue weighted by Gasteiger charge is -2.33. The molecular formula is C15H16BrN5O4S. The maximum atomic E-state index is 10.3. The largest absolute Gasteiger partial charge is 0.394 e. The van der Waals surface area contributed by atoms with Crippen LogP contribution in [0.15, 0.2) is 30.9 Å². The normalized spacial score (nSPS) is 35.9. The van der Waals surface area contributed by atoms with E-state index < -0.39 is 36.7 Å². The van der Waals surface area contributed by atoms with Gasteiger partial charge in [-0.3, -0.25) is 15.3 Å². The number of aliphatic hydroxyl groups excluding tert-OH is 3. The van der Waals surface area contributed by atoms with E-state index in [1.165, 1.54) is 28.9 Å². The Bertz CT molecular complexity index is 827. The summed E-state index contributed by atoms with van der Waals surface area (Å²) in [4.78, 5) is 15.3. The molecule has 0 saturated carbocycles. The van der Waals surface area contributed by atoms with Gasteiger partial charge in [-0.1, -0.05) is 0 Å². The fourth-order valence-corrected chi connectivity index (χ4v) is 4.83. The molecule has 5 atom stereocenters. The van der Waals surface area contributed by atoms with E-state index >= 15 is 0 Å². The summed E-state index contributed by atoms with van der Waals surface area (Å²) in [5.41, 5.74) is -1.12. The minimum Gasteiger partial charge on any atom is -0.394 e. The SMILES string of the molecule is N=C1N=CN=C2N([C@@H]3O[C@H](CO)[C@@H](O)[C@H]3O)C=NC12Cc1sccc1Br. The van der Waals surface area contributed by atoms with E-state index in [9.17, 15) is 15.3 Å². The molecule has 11 heteroatoms. The molecule has 4 rings (SSSR count). The van der Waals surface area contributed by atoms with Crippen molar-refractivity contribution in [1.82, 2.24) is 4.90 Å². The van der Waals surface area contributed by atoms with Gasteiger partial charge in [-0.2, -0.15) is 0 Å². The highest BCUT2D eigenvalue weighted by atomic mass is 79.9. The number of rotatable bonds is 4. The summed E-state index contributed by atoms with van der Waals surface area (Å²) in [5, 5.41) is 39.9. The molecule has 1 saturated heterocycles. The predicted octanol–water partition coefficient (Wildman–Crippen LogP) is -0.00753. The lowest BCUT2D eigenvalue weighted by molar-refractivity contribution is -0.0511. The summed E-state index contributed by atoms with van der Waals surface area (Å²) in [6.45, 7) is -0.420. The number of hydrogen-bond acceptors (Lipinski definition) is 9. The van der Waals surface area contributed by atoms with Crippen molar-refractivity contribution in [2.24, 2.45) is 15.0 Å². The minimum atomic E-state index is -1.25. The molecule has 138 valence electrons. The number of hydrogen-bond donors (Lipinski definition) is 4. The lowest BCUT2D eigenvalue weighted by atomic mass is 9.91. The third kappa shape index (κ3) is 2.58. The van der Waals surface area contributed by atoms with Crippen molar-refractivity contribution in [1.29, 1.82) is 5.41 Å². The quantitative estimate of drug-likeness (QED) is 0.521. The maximum Gasteiger partial charge on any atom is 0.183 e. The zero-order valence-corrected chi connectivity index (χ0v) is 15.8. The van der Waals surface area contributed by atoms with Crippen LogP contribution in [0.4, 0.5) is 0 Å². The van der Waals surface area contributed by atoms with E-state index in [4.69, 9.17) is 10.1 Å². The summed E-state index contributed by atoms with van der Waals surface area (Å²) >= 11 is 5.02. The third-order valence-corrected chi connectivity index (χ3v) is 6.60. The molecule has 0 aliphatic carbocycles. The first-order chi connectivity index (χ1) is 12.5. The van der Waals surface area contributed by atoms with E-state index in [1.54, 1.807) is 0 Å². The van der Waals surface area contributed by atoms with Gasteiger partial charge in [0.1, 0.15) is 30.5 Å². The van der Waals surface area contributed by atoms with Crippen molar-refractivity contribution >= 4 is 51.6 Å². The highest BCUT2D eigenvalue weighted by Gasteiger charge is 2.54. The Morgan fingerprint density at radius 1 is 1.38 bits per heavy atom. The molecule has 1 unspecified atom stereocenters. The predicted molar refractivity (Wildman–Crippen MR) is 100 cm³/mol. The third-order valence-electron chi connectivity index (χ3n) is 4.67. The van der Waals surface area contributed by atoms with E-state index in [2.05, 4.69) is 30.9 Å². The zero-order valence-electron chi connectivity index (χ0n) is 13.4. The summed E-state index contributed by atoms with van der Waals surface area (Å²) < 4.78 is 6.51. The van der Waals surface area contributed by atoms with Gasteiger partial charge in [0, 0.05) is 15.8 Å². The Balaban J connectivity index is 1.68. The number of thiophene rings is 1. The molecule has 0 bridgehead atoms. The van der Waals surface area contributed by atoms with Gasteiger partial charge < -0.3 is 20.1 Å². The second-order valence-electron chi connectivity index (χ2n) is 6.16. The number of aliphatic imine (C=N–C) groups is 3. The van der Waals surface area contributed by atoms with Crippen LogP contribution in [0.5, 0.6) is 0 Å². The van der Waals surface area contributed by atoms with Crippen molar-refractivity contribution in [2.45, 2.75) is 36.5 Å². The van der Waals surface area contributed by atoms with Gasteiger partial charge in [0.15, 0.2) is 17.6 Å². The van der Waals surface area contributed by atoms with Crippen LogP contribution in [-0.2, 0) is 11.2 Å². The van der Waals surface area contributed by atoms with Crippen LogP contribution in [0, 0.1) is 5.41 Å². The molecule has 4 heterocycles.